The van der Waals surface area contributed by atoms with E-state index in [2.05, 4.69) is 0 Å². The lowest BCUT2D eigenvalue weighted by Crippen LogP contribution is -2.52. The molecule has 1 unspecified atom stereocenters. The molecule has 1 aliphatic heterocycles. The Morgan fingerprint density at radius 2 is 1.57 bits per heavy atom. The van der Waals surface area contributed by atoms with Gasteiger partial charge in [0.25, 0.3) is 0 Å². The number of hydrogen-bond donors (Lipinski definition) is 1. The van der Waals surface area contributed by atoms with Crippen LogP contribution in [0.25, 0.3) is 0 Å². The first-order valence-corrected chi connectivity index (χ1v) is 7.90. The molecule has 0 aromatic carbocycles. The third-order valence-electron chi connectivity index (χ3n) is 4.40. The fourth-order valence-corrected chi connectivity index (χ4v) is 3.19. The molecule has 0 spiro atoms. The van der Waals surface area contributed by atoms with Crippen LogP contribution in [0, 0.1) is 5.92 Å². The highest BCUT2D eigenvalue weighted by Crippen LogP contribution is 2.25. The van der Waals surface area contributed by atoms with Crippen molar-refractivity contribution in [3.63, 3.8) is 0 Å². The van der Waals surface area contributed by atoms with Crippen molar-refractivity contribution in [2.45, 2.75) is 51.5 Å². The third kappa shape index (κ3) is 5.15. The van der Waals surface area contributed by atoms with Crippen LogP contribution in [0.1, 0.15) is 45.4 Å². The maximum atomic E-state index is 12.4. The predicted molar refractivity (Wildman–Crippen MR) is 85.2 cm³/mol. The zero-order valence-corrected chi connectivity index (χ0v) is 13.7. The Bertz CT molecular complexity index is 349. The number of halogens is 1. The van der Waals surface area contributed by atoms with Crippen molar-refractivity contribution in [3.05, 3.63) is 0 Å². The van der Waals surface area contributed by atoms with Crippen molar-refractivity contribution < 1.29 is 9.59 Å². The summed E-state index contributed by atoms with van der Waals surface area (Å²) in [5.41, 5.74) is 5.66. The SMILES string of the molecule is CC(N)CC(=O)N1CCN(C(=O)C2CCCCC2)CC1.Cl. The Balaban J connectivity index is 0.00000220. The molecule has 6 heteroatoms. The zero-order valence-electron chi connectivity index (χ0n) is 12.9. The van der Waals surface area contributed by atoms with E-state index in [4.69, 9.17) is 5.73 Å². The van der Waals surface area contributed by atoms with Gasteiger partial charge in [0.15, 0.2) is 0 Å². The molecule has 0 bridgehead atoms. The molecule has 5 nitrogen and oxygen atoms in total. The van der Waals surface area contributed by atoms with E-state index in [-0.39, 0.29) is 30.3 Å². The Labute approximate surface area is 133 Å². The molecule has 1 aliphatic carbocycles. The van der Waals surface area contributed by atoms with E-state index in [0.717, 1.165) is 12.8 Å². The molecule has 1 heterocycles. The van der Waals surface area contributed by atoms with Crippen LogP contribution in [0.5, 0.6) is 0 Å². The summed E-state index contributed by atoms with van der Waals surface area (Å²) in [5, 5.41) is 0. The van der Waals surface area contributed by atoms with Crippen LogP contribution in [0.15, 0.2) is 0 Å². The van der Waals surface area contributed by atoms with E-state index in [1.807, 2.05) is 16.7 Å². The number of nitrogens with zero attached hydrogens (tertiary/aromatic N) is 2. The first kappa shape index (κ1) is 18.2. The van der Waals surface area contributed by atoms with E-state index < -0.39 is 0 Å². The topological polar surface area (TPSA) is 66.6 Å². The molecule has 0 aromatic heterocycles. The summed E-state index contributed by atoms with van der Waals surface area (Å²) in [4.78, 5) is 28.1. The third-order valence-corrected chi connectivity index (χ3v) is 4.40. The fraction of sp³-hybridized carbons (Fsp3) is 0.867. The van der Waals surface area contributed by atoms with Crippen molar-refractivity contribution in [3.8, 4) is 0 Å². The first-order chi connectivity index (χ1) is 9.58. The standard InChI is InChI=1S/C15H27N3O2.ClH/c1-12(16)11-14(19)17-7-9-18(10-8-17)15(20)13-5-3-2-4-6-13;/h12-13H,2-11,16H2,1H3;1H. The van der Waals surface area contributed by atoms with Gasteiger partial charge >= 0.3 is 0 Å². The highest BCUT2D eigenvalue weighted by molar-refractivity contribution is 5.85. The lowest BCUT2D eigenvalue weighted by molar-refractivity contribution is -0.143. The van der Waals surface area contributed by atoms with Gasteiger partial charge in [-0.15, -0.1) is 12.4 Å². The molecule has 0 aromatic rings. The van der Waals surface area contributed by atoms with Crippen molar-refractivity contribution in [1.82, 2.24) is 9.80 Å². The second-order valence-electron chi connectivity index (χ2n) is 6.22. The van der Waals surface area contributed by atoms with Gasteiger partial charge in [-0.2, -0.15) is 0 Å². The number of rotatable bonds is 3. The van der Waals surface area contributed by atoms with Crippen molar-refractivity contribution in [1.29, 1.82) is 0 Å². The van der Waals surface area contributed by atoms with Crippen LogP contribution in [-0.4, -0.2) is 53.8 Å². The smallest absolute Gasteiger partial charge is 0.225 e. The first-order valence-electron chi connectivity index (χ1n) is 7.90. The molecule has 2 fully saturated rings. The van der Waals surface area contributed by atoms with Crippen LogP contribution in [-0.2, 0) is 9.59 Å². The van der Waals surface area contributed by atoms with Gasteiger partial charge in [0.2, 0.25) is 11.8 Å². The summed E-state index contributed by atoms with van der Waals surface area (Å²) < 4.78 is 0. The number of carbonyl (C=O) groups excluding carboxylic acids is 2. The Kier molecular flexibility index (Phi) is 7.46. The zero-order chi connectivity index (χ0) is 14.5. The van der Waals surface area contributed by atoms with Crippen LogP contribution in [0.2, 0.25) is 0 Å². The molecule has 2 amide bonds. The summed E-state index contributed by atoms with van der Waals surface area (Å²) in [7, 11) is 0. The van der Waals surface area contributed by atoms with Crippen molar-refractivity contribution in [2.75, 3.05) is 26.2 Å². The van der Waals surface area contributed by atoms with E-state index in [0.29, 0.717) is 38.5 Å². The molecule has 122 valence electrons. The van der Waals surface area contributed by atoms with Crippen LogP contribution in [0.4, 0.5) is 0 Å². The number of carbonyl (C=O) groups is 2. The summed E-state index contributed by atoms with van der Waals surface area (Å²) in [6.07, 6.45) is 6.12. The molecule has 1 atom stereocenters. The molecule has 1 saturated carbocycles. The summed E-state index contributed by atoms with van der Waals surface area (Å²) >= 11 is 0. The molecule has 2 rings (SSSR count). The Morgan fingerprint density at radius 3 is 2.10 bits per heavy atom. The second-order valence-corrected chi connectivity index (χ2v) is 6.22. The predicted octanol–water partition coefficient (Wildman–Crippen LogP) is 1.40. The average molecular weight is 318 g/mol. The summed E-state index contributed by atoms with van der Waals surface area (Å²) in [6, 6.07) is -0.0931. The van der Waals surface area contributed by atoms with Gasteiger partial charge in [0.1, 0.15) is 0 Å². The van der Waals surface area contributed by atoms with Gasteiger partial charge < -0.3 is 15.5 Å². The quantitative estimate of drug-likeness (QED) is 0.855. The molecular formula is C15H28ClN3O2. The summed E-state index contributed by atoms with van der Waals surface area (Å²) in [6.45, 7) is 4.52. The van der Waals surface area contributed by atoms with Crippen LogP contribution >= 0.6 is 12.4 Å². The van der Waals surface area contributed by atoms with Gasteiger partial charge in [-0.25, -0.2) is 0 Å². The summed E-state index contributed by atoms with van der Waals surface area (Å²) in [5.74, 6) is 0.656. The largest absolute Gasteiger partial charge is 0.339 e. The highest BCUT2D eigenvalue weighted by Gasteiger charge is 2.29. The Morgan fingerprint density at radius 1 is 1.05 bits per heavy atom. The van der Waals surface area contributed by atoms with Gasteiger partial charge in [-0.1, -0.05) is 19.3 Å². The van der Waals surface area contributed by atoms with E-state index in [1.54, 1.807) is 0 Å². The van der Waals surface area contributed by atoms with Crippen LogP contribution < -0.4 is 5.73 Å². The molecular weight excluding hydrogens is 290 g/mol. The fourth-order valence-electron chi connectivity index (χ4n) is 3.19. The number of hydrogen-bond acceptors (Lipinski definition) is 3. The maximum Gasteiger partial charge on any atom is 0.225 e. The second kappa shape index (κ2) is 8.59. The lowest BCUT2D eigenvalue weighted by Gasteiger charge is -2.37. The lowest BCUT2D eigenvalue weighted by atomic mass is 9.88. The van der Waals surface area contributed by atoms with Gasteiger partial charge in [-0.05, 0) is 19.8 Å². The molecule has 0 radical (unpaired) electrons. The van der Waals surface area contributed by atoms with Crippen molar-refractivity contribution >= 4 is 24.2 Å². The van der Waals surface area contributed by atoms with E-state index >= 15 is 0 Å². The molecule has 21 heavy (non-hydrogen) atoms. The van der Waals surface area contributed by atoms with E-state index in [9.17, 15) is 9.59 Å². The molecule has 1 saturated heterocycles. The monoisotopic (exact) mass is 317 g/mol. The van der Waals surface area contributed by atoms with Gasteiger partial charge in [0.05, 0.1) is 0 Å². The number of amides is 2. The van der Waals surface area contributed by atoms with Crippen LogP contribution in [0.3, 0.4) is 0 Å². The normalized spacial score (nSPS) is 21.6. The minimum absolute atomic E-state index is 0. The average Bonchev–Trinajstić information content (AvgIpc) is 2.47. The Hall–Kier alpha value is -0.810. The highest BCUT2D eigenvalue weighted by atomic mass is 35.5. The minimum atomic E-state index is -0.0931. The minimum Gasteiger partial charge on any atom is -0.339 e. The molecule has 2 N–H and O–H groups in total. The van der Waals surface area contributed by atoms with Gasteiger partial charge in [-0.3, -0.25) is 9.59 Å². The molecule has 2 aliphatic rings. The van der Waals surface area contributed by atoms with E-state index in [1.165, 1.54) is 19.3 Å². The number of piperazine rings is 1. The van der Waals surface area contributed by atoms with Crippen molar-refractivity contribution in [2.24, 2.45) is 11.7 Å². The maximum absolute atomic E-state index is 12.4. The van der Waals surface area contributed by atoms with Gasteiger partial charge in [0, 0.05) is 44.6 Å². The number of nitrogens with two attached hydrogens (primary N) is 1.